The van der Waals surface area contributed by atoms with E-state index in [9.17, 15) is 0 Å². The van der Waals surface area contributed by atoms with Crippen LogP contribution in [-0.4, -0.2) is 29.1 Å². The van der Waals surface area contributed by atoms with Crippen molar-refractivity contribution in [2.24, 2.45) is 0 Å². The van der Waals surface area contributed by atoms with Gasteiger partial charge in [0.1, 0.15) is 6.33 Å². The Hall–Kier alpha value is -0.940. The number of nitrogens with one attached hydrogen (secondary N) is 1. The highest BCUT2D eigenvalue weighted by atomic mass is 32.1. The summed E-state index contributed by atoms with van der Waals surface area (Å²) in [5.74, 6) is 0. The van der Waals surface area contributed by atoms with E-state index < -0.39 is 0 Å². The van der Waals surface area contributed by atoms with Gasteiger partial charge in [0.05, 0.1) is 13.2 Å². The van der Waals surface area contributed by atoms with Crippen molar-refractivity contribution in [3.63, 3.8) is 0 Å². The largest absolute Gasteiger partial charge is 0.377 e. The van der Waals surface area contributed by atoms with Crippen molar-refractivity contribution in [3.05, 3.63) is 18.0 Å². The molecule has 0 fully saturated rings. The molecule has 1 aliphatic heterocycles. The molecule has 0 radical (unpaired) electrons. The third-order valence-corrected chi connectivity index (χ3v) is 2.76. The van der Waals surface area contributed by atoms with Crippen LogP contribution in [0, 0.1) is 0 Å². The molecule has 0 unspecified atom stereocenters. The lowest BCUT2D eigenvalue weighted by Crippen LogP contribution is -2.08. The van der Waals surface area contributed by atoms with Gasteiger partial charge in [-0.15, -0.1) is 0 Å². The Labute approximate surface area is 87.2 Å². The summed E-state index contributed by atoms with van der Waals surface area (Å²) in [5, 5.41) is 4.14. The lowest BCUT2D eigenvalue weighted by Gasteiger charge is -2.13. The third-order valence-electron chi connectivity index (χ3n) is 2.14. The molecule has 1 N–H and O–H groups in total. The van der Waals surface area contributed by atoms with E-state index in [0.29, 0.717) is 0 Å². The molecule has 0 saturated heterocycles. The number of aromatic nitrogens is 2. The predicted octanol–water partition coefficient (Wildman–Crippen LogP) is 1.69. The number of anilines is 1. The summed E-state index contributed by atoms with van der Waals surface area (Å²) in [6.45, 7) is 2.57. The Morgan fingerprint density at radius 2 is 2.57 bits per heavy atom. The smallest absolute Gasteiger partial charge is 0.202 e. The molecule has 2 heterocycles. The quantitative estimate of drug-likeness (QED) is 0.770. The fraction of sp³-hybridized carbons (Fsp3) is 0.556. The molecule has 0 bridgehead atoms. The second kappa shape index (κ2) is 5.07. The van der Waals surface area contributed by atoms with E-state index >= 15 is 0 Å². The minimum atomic E-state index is 0.772. The van der Waals surface area contributed by atoms with Crippen molar-refractivity contribution in [1.29, 1.82) is 0 Å². The maximum absolute atomic E-state index is 5.23. The van der Waals surface area contributed by atoms with Crippen LogP contribution in [0.4, 0.5) is 5.13 Å². The van der Waals surface area contributed by atoms with Crippen molar-refractivity contribution in [2.45, 2.75) is 12.8 Å². The first-order chi connectivity index (χ1) is 6.95. The Morgan fingerprint density at radius 3 is 3.29 bits per heavy atom. The van der Waals surface area contributed by atoms with Crippen molar-refractivity contribution in [2.75, 3.05) is 25.1 Å². The van der Waals surface area contributed by atoms with Crippen LogP contribution >= 0.6 is 11.5 Å². The van der Waals surface area contributed by atoms with Crippen LogP contribution in [0.1, 0.15) is 12.8 Å². The van der Waals surface area contributed by atoms with E-state index in [0.717, 1.165) is 37.7 Å². The van der Waals surface area contributed by atoms with Crippen LogP contribution < -0.4 is 5.32 Å². The molecular weight excluding hydrogens is 198 g/mol. The van der Waals surface area contributed by atoms with Gasteiger partial charge >= 0.3 is 0 Å². The van der Waals surface area contributed by atoms with Crippen LogP contribution in [0.5, 0.6) is 0 Å². The molecule has 2 rings (SSSR count). The molecule has 1 aromatic heterocycles. The molecule has 0 amide bonds. The number of rotatable bonds is 4. The van der Waals surface area contributed by atoms with Gasteiger partial charge in [0.15, 0.2) is 0 Å². The van der Waals surface area contributed by atoms with Gasteiger partial charge in [0, 0.05) is 18.1 Å². The first-order valence-corrected chi connectivity index (χ1v) is 5.49. The zero-order valence-electron chi connectivity index (χ0n) is 7.90. The Kier molecular flexibility index (Phi) is 3.48. The summed E-state index contributed by atoms with van der Waals surface area (Å²) >= 11 is 1.39. The molecular formula is C9H13N3OS. The van der Waals surface area contributed by atoms with Crippen LogP contribution in [0.2, 0.25) is 0 Å². The van der Waals surface area contributed by atoms with Gasteiger partial charge < -0.3 is 10.1 Å². The second-order valence-electron chi connectivity index (χ2n) is 3.11. The van der Waals surface area contributed by atoms with Crippen LogP contribution in [-0.2, 0) is 4.74 Å². The Balaban J connectivity index is 1.70. The summed E-state index contributed by atoms with van der Waals surface area (Å²) in [4.78, 5) is 4.05. The summed E-state index contributed by atoms with van der Waals surface area (Å²) in [7, 11) is 0. The molecule has 5 heteroatoms. The monoisotopic (exact) mass is 211 g/mol. The number of hydrogen-bond acceptors (Lipinski definition) is 5. The highest BCUT2D eigenvalue weighted by molar-refractivity contribution is 7.09. The van der Waals surface area contributed by atoms with Gasteiger partial charge in [-0.05, 0) is 12.8 Å². The maximum atomic E-state index is 5.23. The Morgan fingerprint density at radius 1 is 1.57 bits per heavy atom. The lowest BCUT2D eigenvalue weighted by molar-refractivity contribution is 0.153. The van der Waals surface area contributed by atoms with Gasteiger partial charge in [0.25, 0.3) is 0 Å². The number of ether oxygens (including phenoxy) is 1. The van der Waals surface area contributed by atoms with E-state index in [2.05, 4.69) is 20.8 Å². The minimum Gasteiger partial charge on any atom is -0.377 e. The van der Waals surface area contributed by atoms with E-state index in [4.69, 9.17) is 4.74 Å². The highest BCUT2D eigenvalue weighted by Crippen LogP contribution is 2.13. The standard InChI is InChI=1S/C9H13N3OS/c1(8-2-5-13-6-3-8)4-10-9-11-7-12-14-9/h2,7H,1,3-6H2,(H,10,11,12). The SMILES string of the molecule is C1=C(CCNc2ncns2)CCOC1. The average Bonchev–Trinajstić information content (AvgIpc) is 2.72. The fourth-order valence-corrected chi connectivity index (χ4v) is 1.83. The minimum absolute atomic E-state index is 0.772. The topological polar surface area (TPSA) is 47.0 Å². The normalized spacial score (nSPS) is 16.4. The number of hydrogen-bond donors (Lipinski definition) is 1. The Bertz CT molecular complexity index is 297. The molecule has 1 aliphatic rings. The van der Waals surface area contributed by atoms with Crippen LogP contribution in [0.25, 0.3) is 0 Å². The first kappa shape index (κ1) is 9.61. The molecule has 0 saturated carbocycles. The fourth-order valence-electron chi connectivity index (χ4n) is 1.37. The van der Waals surface area contributed by atoms with Gasteiger partial charge in [-0.2, -0.15) is 4.37 Å². The predicted molar refractivity (Wildman–Crippen MR) is 56.5 cm³/mol. The molecule has 1 aromatic rings. The van der Waals surface area contributed by atoms with Gasteiger partial charge in [-0.3, -0.25) is 0 Å². The molecule has 14 heavy (non-hydrogen) atoms. The van der Waals surface area contributed by atoms with E-state index in [-0.39, 0.29) is 0 Å². The van der Waals surface area contributed by atoms with E-state index in [1.807, 2.05) is 0 Å². The molecule has 4 nitrogen and oxygen atoms in total. The van der Waals surface area contributed by atoms with E-state index in [1.54, 1.807) is 6.33 Å². The molecule has 0 aliphatic carbocycles. The van der Waals surface area contributed by atoms with Crippen molar-refractivity contribution in [3.8, 4) is 0 Å². The highest BCUT2D eigenvalue weighted by Gasteiger charge is 2.03. The first-order valence-electron chi connectivity index (χ1n) is 4.71. The summed E-state index contributed by atoms with van der Waals surface area (Å²) in [5.41, 5.74) is 1.48. The summed E-state index contributed by atoms with van der Waals surface area (Å²) in [6, 6.07) is 0. The lowest BCUT2D eigenvalue weighted by atomic mass is 10.1. The zero-order chi connectivity index (χ0) is 9.64. The van der Waals surface area contributed by atoms with Crippen molar-refractivity contribution in [1.82, 2.24) is 9.36 Å². The number of nitrogens with zero attached hydrogens (tertiary/aromatic N) is 2. The molecule has 0 spiro atoms. The van der Waals surface area contributed by atoms with Crippen molar-refractivity contribution < 1.29 is 4.74 Å². The summed E-state index contributed by atoms with van der Waals surface area (Å²) in [6.07, 6.45) is 5.88. The van der Waals surface area contributed by atoms with Crippen molar-refractivity contribution >= 4 is 16.7 Å². The third kappa shape index (κ3) is 2.78. The summed E-state index contributed by atoms with van der Waals surface area (Å²) < 4.78 is 9.16. The zero-order valence-corrected chi connectivity index (χ0v) is 8.72. The van der Waals surface area contributed by atoms with Crippen LogP contribution in [0.15, 0.2) is 18.0 Å². The van der Waals surface area contributed by atoms with Gasteiger partial charge in [-0.25, -0.2) is 4.98 Å². The average molecular weight is 211 g/mol. The van der Waals surface area contributed by atoms with E-state index in [1.165, 1.54) is 17.1 Å². The maximum Gasteiger partial charge on any atom is 0.202 e. The van der Waals surface area contributed by atoms with Gasteiger partial charge in [-0.1, -0.05) is 11.6 Å². The molecule has 0 atom stereocenters. The molecule has 0 aromatic carbocycles. The van der Waals surface area contributed by atoms with Gasteiger partial charge in [0.2, 0.25) is 5.13 Å². The molecule has 76 valence electrons. The second-order valence-corrected chi connectivity index (χ2v) is 3.89. The van der Waals surface area contributed by atoms with Crippen LogP contribution in [0.3, 0.4) is 0 Å².